The van der Waals surface area contributed by atoms with E-state index in [1.165, 1.54) is 6.07 Å². The molecule has 1 saturated heterocycles. The molecule has 13 nitrogen and oxygen atoms in total. The SMILES string of the molecule is NS(=O)(=O)c1cc(C(=O)OC[C@H]2O[C@@H](n3ccc(=O)[nH]c3=O)[C@H](O)[C@@H]2O)c(NCc2ccccc2)cc1Cl. The second kappa shape index (κ2) is 11.1. The maximum Gasteiger partial charge on any atom is 0.340 e. The predicted octanol–water partition coefficient (Wildman–Crippen LogP) is -0.0743. The van der Waals surface area contributed by atoms with Crippen molar-refractivity contribution in [3.63, 3.8) is 0 Å². The van der Waals surface area contributed by atoms with Gasteiger partial charge in [0.2, 0.25) is 10.0 Å². The lowest BCUT2D eigenvalue weighted by molar-refractivity contribution is -0.0598. The summed E-state index contributed by atoms with van der Waals surface area (Å²) in [6.45, 7) is -0.310. The number of aromatic amines is 1. The van der Waals surface area contributed by atoms with E-state index in [0.29, 0.717) is 0 Å². The number of hydrogen-bond donors (Lipinski definition) is 5. The highest BCUT2D eigenvalue weighted by Crippen LogP contribution is 2.31. The standard InChI is InChI=1S/C23H23ClN4O9S/c24-14-9-15(26-10-12-4-2-1-3-5-12)13(8-17(14)38(25,34)35)22(32)36-11-16-19(30)20(31)21(37-16)28-7-6-18(29)27-23(28)33/h1-9,16,19-21,26,30-31H,10-11H2,(H2,25,34,35)(H,27,29,33)/t16-,19-,20-,21-/m1/s1. The van der Waals surface area contributed by atoms with Gasteiger partial charge >= 0.3 is 11.7 Å². The van der Waals surface area contributed by atoms with E-state index in [2.05, 4.69) is 5.32 Å². The Morgan fingerprint density at radius 2 is 1.87 bits per heavy atom. The van der Waals surface area contributed by atoms with Gasteiger partial charge in [-0.2, -0.15) is 0 Å². The second-order valence-corrected chi connectivity index (χ2v) is 10.3. The van der Waals surface area contributed by atoms with E-state index >= 15 is 0 Å². The Morgan fingerprint density at radius 1 is 1.16 bits per heavy atom. The van der Waals surface area contributed by atoms with Gasteiger partial charge in [0.15, 0.2) is 6.23 Å². The Labute approximate surface area is 220 Å². The monoisotopic (exact) mass is 566 g/mol. The second-order valence-electron chi connectivity index (χ2n) is 8.37. The van der Waals surface area contributed by atoms with Crippen LogP contribution in [0.4, 0.5) is 5.69 Å². The number of anilines is 1. The molecular formula is C23H23ClN4O9S. The predicted molar refractivity (Wildman–Crippen MR) is 134 cm³/mol. The molecule has 38 heavy (non-hydrogen) atoms. The first-order valence-corrected chi connectivity index (χ1v) is 13.0. The van der Waals surface area contributed by atoms with Crippen LogP contribution in [0.25, 0.3) is 0 Å². The van der Waals surface area contributed by atoms with Crippen LogP contribution >= 0.6 is 11.6 Å². The number of benzene rings is 2. The fourth-order valence-corrected chi connectivity index (χ4v) is 4.94. The fourth-order valence-electron chi connectivity index (χ4n) is 3.84. The minimum Gasteiger partial charge on any atom is -0.459 e. The highest BCUT2D eigenvalue weighted by molar-refractivity contribution is 7.89. The molecule has 2 heterocycles. The molecule has 0 amide bonds. The van der Waals surface area contributed by atoms with E-state index in [-0.39, 0.29) is 22.8 Å². The van der Waals surface area contributed by atoms with E-state index in [4.69, 9.17) is 26.2 Å². The van der Waals surface area contributed by atoms with E-state index in [1.807, 2.05) is 35.3 Å². The molecule has 0 saturated carbocycles. The van der Waals surface area contributed by atoms with Gasteiger partial charge in [-0.05, 0) is 17.7 Å². The fraction of sp³-hybridized carbons (Fsp3) is 0.261. The largest absolute Gasteiger partial charge is 0.459 e. The normalized spacial score (nSPS) is 21.3. The number of aliphatic hydroxyl groups excluding tert-OH is 2. The molecule has 2 aromatic carbocycles. The van der Waals surface area contributed by atoms with Crippen LogP contribution in [0.3, 0.4) is 0 Å². The van der Waals surface area contributed by atoms with Gasteiger partial charge in [-0.25, -0.2) is 23.1 Å². The van der Waals surface area contributed by atoms with Gasteiger partial charge in [0.25, 0.3) is 5.56 Å². The highest BCUT2D eigenvalue weighted by Gasteiger charge is 2.44. The van der Waals surface area contributed by atoms with Crippen molar-refractivity contribution >= 4 is 33.3 Å². The zero-order valence-corrected chi connectivity index (χ0v) is 21.1. The molecule has 0 bridgehead atoms. The Bertz CT molecular complexity index is 1560. The van der Waals surface area contributed by atoms with Gasteiger partial charge in [-0.1, -0.05) is 41.9 Å². The molecule has 6 N–H and O–H groups in total. The first kappa shape index (κ1) is 27.5. The van der Waals surface area contributed by atoms with Crippen molar-refractivity contribution in [2.24, 2.45) is 5.14 Å². The van der Waals surface area contributed by atoms with E-state index in [0.717, 1.165) is 28.5 Å². The minimum absolute atomic E-state index is 0.154. The van der Waals surface area contributed by atoms with Crippen LogP contribution in [0.15, 0.2) is 69.2 Å². The van der Waals surface area contributed by atoms with Crippen molar-refractivity contribution < 1.29 is 32.9 Å². The van der Waals surface area contributed by atoms with Crippen LogP contribution in [0, 0.1) is 0 Å². The third-order valence-corrected chi connectivity index (χ3v) is 7.14. The van der Waals surface area contributed by atoms with E-state index in [9.17, 15) is 33.0 Å². The number of nitrogens with two attached hydrogens (primary N) is 1. The van der Waals surface area contributed by atoms with Crippen molar-refractivity contribution in [1.82, 2.24) is 9.55 Å². The third kappa shape index (κ3) is 5.96. The molecule has 202 valence electrons. The topological polar surface area (TPSA) is 203 Å². The Hall–Kier alpha value is -3.53. The summed E-state index contributed by atoms with van der Waals surface area (Å²) in [5, 5.41) is 28.8. The number of aromatic nitrogens is 2. The van der Waals surface area contributed by atoms with Crippen LogP contribution < -0.4 is 21.7 Å². The molecule has 1 aliphatic rings. The maximum atomic E-state index is 13.0. The van der Waals surface area contributed by atoms with Crippen LogP contribution in [-0.4, -0.2) is 59.1 Å². The number of carbonyl (C=O) groups is 1. The first-order valence-electron chi connectivity index (χ1n) is 11.1. The Kier molecular flexibility index (Phi) is 8.01. The van der Waals surface area contributed by atoms with E-state index < -0.39 is 63.3 Å². The number of halogens is 1. The summed E-state index contributed by atoms with van der Waals surface area (Å²) in [5.41, 5.74) is -0.739. The summed E-state index contributed by atoms with van der Waals surface area (Å²) >= 11 is 6.10. The quantitative estimate of drug-likeness (QED) is 0.229. The van der Waals surface area contributed by atoms with Crippen molar-refractivity contribution in [2.45, 2.75) is 36.0 Å². The van der Waals surface area contributed by atoms with E-state index in [1.54, 1.807) is 0 Å². The molecule has 1 aromatic heterocycles. The lowest BCUT2D eigenvalue weighted by atomic mass is 10.1. The number of nitrogens with zero attached hydrogens (tertiary/aromatic N) is 1. The zero-order chi connectivity index (χ0) is 27.6. The smallest absolute Gasteiger partial charge is 0.340 e. The molecular weight excluding hydrogens is 544 g/mol. The van der Waals surface area contributed by atoms with Gasteiger partial charge in [-0.3, -0.25) is 14.3 Å². The number of esters is 1. The summed E-state index contributed by atoms with van der Waals surface area (Å²) < 4.78 is 35.6. The number of sulfonamides is 1. The molecule has 3 aromatic rings. The van der Waals surface area contributed by atoms with Gasteiger partial charge in [0.05, 0.1) is 16.3 Å². The Morgan fingerprint density at radius 3 is 2.53 bits per heavy atom. The van der Waals surface area contributed by atoms with Crippen LogP contribution in [-0.2, 0) is 26.0 Å². The zero-order valence-electron chi connectivity index (χ0n) is 19.5. The van der Waals surface area contributed by atoms with Crippen LogP contribution in [0.2, 0.25) is 5.02 Å². The van der Waals surface area contributed by atoms with Crippen LogP contribution in [0.1, 0.15) is 22.1 Å². The molecule has 4 atom stereocenters. The first-order chi connectivity index (χ1) is 18.0. The number of aliphatic hydroxyl groups is 2. The number of carbonyl (C=O) groups excluding carboxylic acids is 1. The average molecular weight is 567 g/mol. The number of hydrogen-bond acceptors (Lipinski definition) is 10. The lowest BCUT2D eigenvalue weighted by Gasteiger charge is -2.17. The number of ether oxygens (including phenoxy) is 2. The van der Waals surface area contributed by atoms with Crippen molar-refractivity contribution in [3.8, 4) is 0 Å². The number of primary sulfonamides is 1. The summed E-state index contributed by atoms with van der Waals surface area (Å²) in [4.78, 5) is 37.9. The summed E-state index contributed by atoms with van der Waals surface area (Å²) in [6.07, 6.45) is -4.69. The molecule has 4 rings (SSSR count). The van der Waals surface area contributed by atoms with Crippen LogP contribution in [0.5, 0.6) is 0 Å². The molecule has 1 fully saturated rings. The lowest BCUT2D eigenvalue weighted by Crippen LogP contribution is -2.37. The number of H-pyrrole nitrogens is 1. The number of rotatable bonds is 8. The summed E-state index contributed by atoms with van der Waals surface area (Å²) in [7, 11) is -4.29. The number of nitrogens with one attached hydrogen (secondary N) is 2. The molecule has 0 unspecified atom stereocenters. The average Bonchev–Trinajstić information content (AvgIpc) is 3.14. The van der Waals surface area contributed by atoms with Gasteiger partial charge in [0, 0.05) is 18.8 Å². The van der Waals surface area contributed by atoms with Crippen molar-refractivity contribution in [2.75, 3.05) is 11.9 Å². The minimum atomic E-state index is -4.29. The molecule has 1 aliphatic heterocycles. The molecule has 0 spiro atoms. The van der Waals surface area contributed by atoms with Crippen molar-refractivity contribution in [3.05, 3.63) is 91.7 Å². The van der Waals surface area contributed by atoms with Gasteiger partial charge in [-0.15, -0.1) is 0 Å². The maximum absolute atomic E-state index is 13.0. The summed E-state index contributed by atoms with van der Waals surface area (Å²) in [6, 6.07) is 12.4. The Balaban J connectivity index is 1.54. The third-order valence-electron chi connectivity index (χ3n) is 5.77. The van der Waals surface area contributed by atoms with Gasteiger partial charge in [0.1, 0.15) is 29.8 Å². The summed E-state index contributed by atoms with van der Waals surface area (Å²) in [5.74, 6) is -1.00. The molecule has 0 radical (unpaired) electrons. The highest BCUT2D eigenvalue weighted by atomic mass is 35.5. The van der Waals surface area contributed by atoms with Gasteiger partial charge < -0.3 is 25.0 Å². The van der Waals surface area contributed by atoms with Crippen molar-refractivity contribution in [1.29, 1.82) is 0 Å². The molecule has 15 heteroatoms. The molecule has 0 aliphatic carbocycles.